The van der Waals surface area contributed by atoms with E-state index in [2.05, 4.69) is 114 Å². The van der Waals surface area contributed by atoms with Crippen LogP contribution >= 0.6 is 0 Å². The van der Waals surface area contributed by atoms with Gasteiger partial charge in [-0.2, -0.15) is 0 Å². The predicted molar refractivity (Wildman–Crippen MR) is 382 cm³/mol. The van der Waals surface area contributed by atoms with Crippen LogP contribution in [-0.2, 0) is 19.3 Å². The second-order valence-electron chi connectivity index (χ2n) is 24.6. The highest BCUT2D eigenvalue weighted by Crippen LogP contribution is 2.29. The molecule has 93 heavy (non-hydrogen) atoms. The maximum absolute atomic E-state index is 12.1. The Hall–Kier alpha value is -8.73. The monoisotopic (exact) mass is 1250 g/mol. The quantitative estimate of drug-likeness (QED) is 0.0329. The molecule has 3 N–H and O–H groups in total. The summed E-state index contributed by atoms with van der Waals surface area (Å²) in [6.07, 6.45) is 31.7. The number of hydrogen-bond acceptors (Lipinski definition) is 9. The van der Waals surface area contributed by atoms with Gasteiger partial charge in [-0.3, -0.25) is 0 Å². The number of aromatic hydroxyl groups is 3. The maximum Gasteiger partial charge on any atom is 0.146 e. The Kier molecular flexibility index (Phi) is 31.6. The third-order valence-electron chi connectivity index (χ3n) is 16.4. The van der Waals surface area contributed by atoms with Gasteiger partial charge in [0.15, 0.2) is 0 Å². The zero-order chi connectivity index (χ0) is 65.7. The SMILES string of the molecule is CCCCCCCCOc1cc2c#cc3cc(CCCCC)cc(c#cc4cc(OCCCCCCCC)cc(c#cc5cc(CCCCC)cc(c#cc6cc(OCCCCCCCC)cc(c#cc7cc(CCCCC)cc(c#cc(c1)n2)c7O)n6)c5O)n4)c3O. The molecule has 0 radical (unpaired) electrons. The van der Waals surface area contributed by atoms with Gasteiger partial charge in [0, 0.05) is 36.4 Å². The van der Waals surface area contributed by atoms with Gasteiger partial charge >= 0.3 is 0 Å². The number of nitrogens with zero attached hydrogens (tertiary/aromatic N) is 3. The second-order valence-corrected chi connectivity index (χ2v) is 24.6. The van der Waals surface area contributed by atoms with Crippen molar-refractivity contribution in [2.75, 3.05) is 19.8 Å². The van der Waals surface area contributed by atoms with Crippen molar-refractivity contribution in [1.82, 2.24) is 15.0 Å². The number of aromatic nitrogens is 3. The zero-order valence-corrected chi connectivity index (χ0v) is 56.7. The zero-order valence-electron chi connectivity index (χ0n) is 56.7. The summed E-state index contributed by atoms with van der Waals surface area (Å²) in [4.78, 5) is 14.8. The van der Waals surface area contributed by atoms with Gasteiger partial charge in [-0.1, -0.05) is 213 Å². The number of rotatable bonds is 36. The van der Waals surface area contributed by atoms with E-state index >= 15 is 0 Å². The van der Waals surface area contributed by atoms with Crippen molar-refractivity contribution in [3.05, 3.63) is 162 Å². The summed E-state index contributed by atoms with van der Waals surface area (Å²) in [5, 5.41) is 38.8. The Labute approximate surface area is 557 Å². The van der Waals surface area contributed by atoms with E-state index in [9.17, 15) is 15.3 Å². The molecule has 0 aliphatic carbocycles. The molecule has 3 aromatic carbocycles. The molecule has 0 saturated carbocycles. The minimum Gasteiger partial charge on any atom is -0.505 e. The normalized spacial score (nSPS) is 10.6. The molecule has 0 saturated heterocycles. The van der Waals surface area contributed by atoms with E-state index in [0.29, 0.717) is 102 Å². The van der Waals surface area contributed by atoms with Gasteiger partial charge in [-0.05, 0) is 147 Å². The lowest BCUT2D eigenvalue weighted by molar-refractivity contribution is 0.304. The summed E-state index contributed by atoms with van der Waals surface area (Å²) in [7, 11) is 0. The molecule has 9 nitrogen and oxygen atoms in total. The van der Waals surface area contributed by atoms with Crippen molar-refractivity contribution in [1.29, 1.82) is 0 Å². The summed E-state index contributed by atoms with van der Waals surface area (Å²) in [5.74, 6) is 1.57. The number of ether oxygens (including phenoxy) is 3. The number of aryl methyl sites for hydroxylation is 3. The summed E-state index contributed by atoms with van der Waals surface area (Å²) >= 11 is 0. The van der Waals surface area contributed by atoms with E-state index in [0.717, 1.165) is 152 Å². The molecule has 7 rings (SSSR count). The topological polar surface area (TPSA) is 127 Å². The van der Waals surface area contributed by atoms with Crippen LogP contribution in [0.15, 0.2) is 72.8 Å². The molecule has 0 unspecified atom stereocenters. The molecule has 7 aromatic rings. The van der Waals surface area contributed by atoms with Crippen LogP contribution in [-0.4, -0.2) is 50.1 Å². The van der Waals surface area contributed by atoms with Crippen molar-refractivity contribution < 1.29 is 29.5 Å². The van der Waals surface area contributed by atoms with Gasteiger partial charge in [0.25, 0.3) is 0 Å². The molecule has 9 heteroatoms. The van der Waals surface area contributed by atoms with E-state index in [1.165, 1.54) is 57.8 Å². The lowest BCUT2D eigenvalue weighted by atomic mass is 10.0. The Bertz CT molecular complexity index is 3200. The standard InChI is InChI=1S/C84H99N3O6/c1-7-13-19-22-25-31-49-91-79-58-73-43-37-67-52-64(34-28-16-10-4)54-69(82(67)88)39-45-75-60-80(92-50-32-26-23-20-14-8-2)62-77(86-75)47-41-71-56-66(36-30-18-12-6)57-72(84(71)90)42-48-78-63-81(93-51-33-27-24-21-15-9-3)61-76(87-78)46-40-70-55-65(35-29-17-11-5)53-68(83(70)89)38-44-74(59-79)85-73/h52-63,88-90H,7-36,49-51H2,1-6H3. The molecular formula is C84H99N3O6. The number of phenolic OH excluding ortho intramolecular Hbond substituents is 3. The van der Waals surface area contributed by atoms with Crippen LogP contribution in [0.3, 0.4) is 0 Å². The van der Waals surface area contributed by atoms with Gasteiger partial charge in [0.2, 0.25) is 0 Å². The highest BCUT2D eigenvalue weighted by atomic mass is 16.5. The summed E-state index contributed by atoms with van der Waals surface area (Å²) in [6.45, 7) is 14.8. The van der Waals surface area contributed by atoms with Crippen molar-refractivity contribution in [2.24, 2.45) is 0 Å². The van der Waals surface area contributed by atoms with Crippen LogP contribution in [0.1, 0.15) is 232 Å². The lowest BCUT2D eigenvalue weighted by Gasteiger charge is -2.06. The maximum atomic E-state index is 12.1. The average molecular weight is 1250 g/mol. The summed E-state index contributed by atoms with van der Waals surface area (Å²) < 4.78 is 19.2. The fourth-order valence-electron chi connectivity index (χ4n) is 11.0. The van der Waals surface area contributed by atoms with E-state index in [-0.39, 0.29) is 17.2 Å². The smallest absolute Gasteiger partial charge is 0.146 e. The first-order valence-electron chi connectivity index (χ1n) is 35.2. The molecule has 0 amide bonds. The first kappa shape index (κ1) is 71.7. The van der Waals surface area contributed by atoms with Crippen LogP contribution in [0.25, 0.3) is 65.4 Å². The van der Waals surface area contributed by atoms with Crippen molar-refractivity contribution in [3.8, 4) is 34.5 Å². The number of phenols is 3. The fraction of sp³-hybridized carbons (Fsp3) is 0.464. The fourth-order valence-corrected chi connectivity index (χ4v) is 11.0. The first-order valence-corrected chi connectivity index (χ1v) is 35.2. The molecule has 486 valence electrons. The van der Waals surface area contributed by atoms with Crippen molar-refractivity contribution in [3.63, 3.8) is 0 Å². The van der Waals surface area contributed by atoms with Crippen LogP contribution in [0.4, 0.5) is 0 Å². The van der Waals surface area contributed by atoms with E-state index in [1.807, 2.05) is 72.8 Å². The molecule has 0 aliphatic rings. The molecule has 0 fully saturated rings. The van der Waals surface area contributed by atoms with Gasteiger partial charge in [-0.15, -0.1) is 0 Å². The average Bonchev–Trinajstić information content (AvgIpc) is 2.34. The number of hydrogen-bond donors (Lipinski definition) is 3. The van der Waals surface area contributed by atoms with Crippen LogP contribution < -0.4 is 14.2 Å². The van der Waals surface area contributed by atoms with E-state index in [4.69, 9.17) is 29.2 Å². The Morgan fingerprint density at radius 3 is 0.656 bits per heavy atom. The van der Waals surface area contributed by atoms with Gasteiger partial charge in [-0.25, -0.2) is 15.0 Å². The van der Waals surface area contributed by atoms with E-state index < -0.39 is 0 Å². The Morgan fingerprint density at radius 2 is 0.441 bits per heavy atom. The molecule has 0 aliphatic heterocycles. The minimum absolute atomic E-state index is 0.0541. The van der Waals surface area contributed by atoms with E-state index in [1.54, 1.807) is 0 Å². The second kappa shape index (κ2) is 41.0. The van der Waals surface area contributed by atoms with Gasteiger partial charge in [0.05, 0.1) is 52.1 Å². The molecule has 0 spiro atoms. The molecule has 4 aromatic heterocycles. The molecule has 0 atom stereocenters. The number of benzene rings is 3. The predicted octanol–water partition coefficient (Wildman–Crippen LogP) is 22.0. The minimum atomic E-state index is -0.0541. The highest BCUT2D eigenvalue weighted by molar-refractivity contribution is 5.82. The lowest BCUT2D eigenvalue weighted by Crippen LogP contribution is -1.97. The Morgan fingerprint density at radius 1 is 0.247 bits per heavy atom. The summed E-state index contributed by atoms with van der Waals surface area (Å²) in [5.41, 5.74) is 5.43. The molecule has 12 bridgehead atoms. The third kappa shape index (κ3) is 25.4. The molecule has 4 heterocycles. The van der Waals surface area contributed by atoms with Gasteiger partial charge in [0.1, 0.15) is 67.6 Å². The summed E-state index contributed by atoms with van der Waals surface area (Å²) in [6, 6.07) is 61.7. The van der Waals surface area contributed by atoms with Gasteiger partial charge < -0.3 is 29.5 Å². The van der Waals surface area contributed by atoms with Crippen LogP contribution in [0.5, 0.6) is 34.5 Å². The Balaban J connectivity index is 1.51. The number of unbranched alkanes of at least 4 members (excludes halogenated alkanes) is 21. The van der Waals surface area contributed by atoms with Crippen molar-refractivity contribution >= 4 is 65.4 Å². The first-order chi connectivity index (χ1) is 45.6. The number of pyridine rings is 3. The van der Waals surface area contributed by atoms with Crippen LogP contribution in [0, 0.1) is 72.8 Å². The largest absolute Gasteiger partial charge is 0.505 e. The third-order valence-corrected chi connectivity index (χ3v) is 16.4. The molecular weight excluding hydrogens is 1150 g/mol. The highest BCUT2D eigenvalue weighted by Gasteiger charge is 2.08. The van der Waals surface area contributed by atoms with Crippen LogP contribution in [0.2, 0.25) is 0 Å². The number of fused-ring (bicyclic) bond motifs is 12. The van der Waals surface area contributed by atoms with Crippen molar-refractivity contribution in [2.45, 2.75) is 234 Å².